The predicted octanol–water partition coefficient (Wildman–Crippen LogP) is 3.86. The number of nitrogens with two attached hydrogens (primary N) is 1. The Morgan fingerprint density at radius 3 is 1.85 bits per heavy atom. The number of hydrogen-bond donors (Lipinski definition) is 1. The summed E-state index contributed by atoms with van der Waals surface area (Å²) in [5.74, 6) is 0. The third-order valence-electron chi connectivity index (χ3n) is 3.90. The average Bonchev–Trinajstić information content (AvgIpc) is 2.57. The van der Waals surface area contributed by atoms with Crippen LogP contribution >= 0.6 is 0 Å². The number of rotatable bonds is 8. The highest BCUT2D eigenvalue weighted by atomic mass is 32.2. The van der Waals surface area contributed by atoms with E-state index in [1.807, 2.05) is 30.3 Å². The van der Waals surface area contributed by atoms with Crippen LogP contribution in [0.1, 0.15) is 29.5 Å². The summed E-state index contributed by atoms with van der Waals surface area (Å²) in [7, 11) is -4.11. The molecule has 2 N–H and O–H groups in total. The average molecular weight is 387 g/mol. The number of aryl methyl sites for hydroxylation is 2. The second-order valence-electron chi connectivity index (χ2n) is 5.97. The Labute approximate surface area is 151 Å². The molecule has 2 aromatic rings. The summed E-state index contributed by atoms with van der Waals surface area (Å²) in [6.45, 7) is 0. The zero-order valence-corrected chi connectivity index (χ0v) is 14.8. The number of alkyl halides is 3. The van der Waals surface area contributed by atoms with Crippen LogP contribution in [0, 0.1) is 0 Å². The van der Waals surface area contributed by atoms with Crippen molar-refractivity contribution < 1.29 is 25.8 Å². The Morgan fingerprint density at radius 1 is 0.885 bits per heavy atom. The van der Waals surface area contributed by atoms with Crippen LogP contribution in [0.15, 0.2) is 54.6 Å². The predicted molar refractivity (Wildman–Crippen MR) is 92.5 cm³/mol. The highest BCUT2D eigenvalue weighted by molar-refractivity contribution is 7.84. The fourth-order valence-corrected chi connectivity index (χ4v) is 3.16. The van der Waals surface area contributed by atoms with Gasteiger partial charge in [-0.25, -0.2) is 5.14 Å². The van der Waals surface area contributed by atoms with Crippen molar-refractivity contribution in [2.24, 2.45) is 5.14 Å². The molecule has 0 aliphatic carbocycles. The van der Waals surface area contributed by atoms with E-state index in [1.165, 1.54) is 12.1 Å². The van der Waals surface area contributed by atoms with Crippen LogP contribution in [-0.4, -0.2) is 14.5 Å². The molecule has 8 heteroatoms. The van der Waals surface area contributed by atoms with Crippen LogP contribution in [0.5, 0.6) is 0 Å². The largest absolute Gasteiger partial charge is 0.416 e. The normalized spacial score (nSPS) is 13.5. The fraction of sp³-hybridized carbons (Fsp3) is 0.333. The number of benzene rings is 2. The molecule has 26 heavy (non-hydrogen) atoms. The van der Waals surface area contributed by atoms with Crippen molar-refractivity contribution in [2.45, 2.75) is 38.0 Å². The summed E-state index contributed by atoms with van der Waals surface area (Å²) in [6.07, 6.45) is -3.28. The zero-order chi connectivity index (χ0) is 19.2. The van der Waals surface area contributed by atoms with Crippen molar-refractivity contribution >= 4 is 10.3 Å². The van der Waals surface area contributed by atoms with Gasteiger partial charge in [-0.1, -0.05) is 42.5 Å². The van der Waals surface area contributed by atoms with Gasteiger partial charge < -0.3 is 0 Å². The maximum atomic E-state index is 12.6. The third-order valence-corrected chi connectivity index (χ3v) is 4.44. The Hall–Kier alpha value is -1.90. The van der Waals surface area contributed by atoms with E-state index in [-0.39, 0.29) is 0 Å². The van der Waals surface area contributed by atoms with Crippen LogP contribution in [0.4, 0.5) is 13.2 Å². The third kappa shape index (κ3) is 7.15. The van der Waals surface area contributed by atoms with E-state index in [0.29, 0.717) is 31.2 Å². The molecule has 0 amide bonds. The van der Waals surface area contributed by atoms with Gasteiger partial charge in [-0.05, 0) is 48.9 Å². The van der Waals surface area contributed by atoms with Gasteiger partial charge in [0.1, 0.15) is 0 Å². The molecule has 0 heterocycles. The molecule has 0 aliphatic rings. The van der Waals surface area contributed by atoms with E-state index < -0.39 is 28.1 Å². The molecule has 142 valence electrons. The van der Waals surface area contributed by atoms with Crippen LogP contribution in [-0.2, 0) is 33.5 Å². The summed E-state index contributed by atoms with van der Waals surface area (Å²) in [5, 5.41) is 4.97. The van der Waals surface area contributed by atoms with Gasteiger partial charge in [0, 0.05) is 0 Å². The second kappa shape index (κ2) is 8.66. The van der Waals surface area contributed by atoms with Crippen molar-refractivity contribution in [3.05, 3.63) is 71.3 Å². The molecular formula is C18H20F3NO3S. The molecule has 2 rings (SSSR count). The summed E-state index contributed by atoms with van der Waals surface area (Å²) in [5.41, 5.74) is 0.980. The van der Waals surface area contributed by atoms with E-state index in [9.17, 15) is 21.6 Å². The Balaban J connectivity index is 1.97. The Kier molecular flexibility index (Phi) is 6.80. The van der Waals surface area contributed by atoms with Gasteiger partial charge in [0.15, 0.2) is 0 Å². The Bertz CT molecular complexity index is 791. The minimum atomic E-state index is -4.38. The first-order valence-corrected chi connectivity index (χ1v) is 9.52. The smallest absolute Gasteiger partial charge is 0.255 e. The van der Waals surface area contributed by atoms with Gasteiger partial charge in [0.2, 0.25) is 0 Å². The fourth-order valence-electron chi connectivity index (χ4n) is 2.59. The molecule has 0 spiro atoms. The highest BCUT2D eigenvalue weighted by Gasteiger charge is 2.29. The summed E-state index contributed by atoms with van der Waals surface area (Å²) >= 11 is 0. The van der Waals surface area contributed by atoms with E-state index in [2.05, 4.69) is 0 Å². The molecule has 0 saturated heterocycles. The summed E-state index contributed by atoms with van der Waals surface area (Å²) in [4.78, 5) is 0. The van der Waals surface area contributed by atoms with Crippen LogP contribution < -0.4 is 5.14 Å². The topological polar surface area (TPSA) is 69.4 Å². The van der Waals surface area contributed by atoms with Gasteiger partial charge in [0.25, 0.3) is 0 Å². The number of hydrogen-bond acceptors (Lipinski definition) is 3. The van der Waals surface area contributed by atoms with Gasteiger partial charge in [-0.2, -0.15) is 21.6 Å². The molecule has 0 aliphatic heterocycles. The monoisotopic (exact) mass is 387 g/mol. The van der Waals surface area contributed by atoms with E-state index >= 15 is 0 Å². The van der Waals surface area contributed by atoms with Crippen molar-refractivity contribution in [3.8, 4) is 0 Å². The lowest BCUT2D eigenvalue weighted by Crippen LogP contribution is -2.25. The first-order valence-electron chi connectivity index (χ1n) is 8.04. The van der Waals surface area contributed by atoms with Crippen molar-refractivity contribution in [3.63, 3.8) is 0 Å². The minimum Gasteiger partial charge on any atom is -0.255 e. The van der Waals surface area contributed by atoms with Crippen LogP contribution in [0.3, 0.4) is 0 Å². The van der Waals surface area contributed by atoms with Gasteiger partial charge in [-0.15, -0.1) is 0 Å². The quantitative estimate of drug-likeness (QED) is 0.748. The maximum absolute atomic E-state index is 12.6. The van der Waals surface area contributed by atoms with Gasteiger partial charge in [0.05, 0.1) is 11.7 Å². The SMILES string of the molecule is NS(=O)(=O)OC(CCc1ccccc1)CCc1ccc(C(F)(F)F)cc1. The molecule has 0 aromatic heterocycles. The van der Waals surface area contributed by atoms with Crippen molar-refractivity contribution in [2.75, 3.05) is 0 Å². The molecule has 0 fully saturated rings. The van der Waals surface area contributed by atoms with Gasteiger partial charge in [-0.3, -0.25) is 4.18 Å². The number of halogens is 3. The molecule has 2 aromatic carbocycles. The standard InChI is InChI=1S/C18H20F3NO3S/c19-18(20,21)16-10-6-15(7-11-16)9-13-17(25-26(22,23)24)12-8-14-4-2-1-3-5-14/h1-7,10-11,17H,8-9,12-13H2,(H2,22,23,24). The lowest BCUT2D eigenvalue weighted by atomic mass is 10.0. The molecule has 4 nitrogen and oxygen atoms in total. The molecule has 0 saturated carbocycles. The summed E-state index contributed by atoms with van der Waals surface area (Å²) < 4.78 is 65.2. The molecule has 0 bridgehead atoms. The molecule has 1 atom stereocenters. The zero-order valence-electron chi connectivity index (χ0n) is 13.9. The van der Waals surface area contributed by atoms with Crippen LogP contribution in [0.25, 0.3) is 0 Å². The van der Waals surface area contributed by atoms with Gasteiger partial charge >= 0.3 is 16.5 Å². The van der Waals surface area contributed by atoms with E-state index in [1.54, 1.807) is 0 Å². The lowest BCUT2D eigenvalue weighted by Gasteiger charge is -2.16. The molecule has 1 unspecified atom stereocenters. The van der Waals surface area contributed by atoms with Crippen LogP contribution in [0.2, 0.25) is 0 Å². The minimum absolute atomic E-state index is 0.328. The maximum Gasteiger partial charge on any atom is 0.416 e. The van der Waals surface area contributed by atoms with E-state index in [4.69, 9.17) is 9.32 Å². The summed E-state index contributed by atoms with van der Waals surface area (Å²) in [6, 6.07) is 14.3. The first-order chi connectivity index (χ1) is 12.1. The first kappa shape index (κ1) is 20.4. The van der Waals surface area contributed by atoms with Crippen molar-refractivity contribution in [1.82, 2.24) is 0 Å². The highest BCUT2D eigenvalue weighted by Crippen LogP contribution is 2.29. The molecule has 0 radical (unpaired) electrons. The van der Waals surface area contributed by atoms with E-state index in [0.717, 1.165) is 17.7 Å². The van der Waals surface area contributed by atoms with Crippen molar-refractivity contribution in [1.29, 1.82) is 0 Å². The lowest BCUT2D eigenvalue weighted by molar-refractivity contribution is -0.137. The Morgan fingerprint density at radius 2 is 1.38 bits per heavy atom. The molecular weight excluding hydrogens is 367 g/mol. The second-order valence-corrected chi connectivity index (χ2v) is 7.15.